The Morgan fingerprint density at radius 3 is 2.93 bits per heavy atom. The van der Waals surface area contributed by atoms with E-state index >= 15 is 0 Å². The van der Waals surface area contributed by atoms with Crippen LogP contribution in [0.1, 0.15) is 12.5 Å². The first-order valence-electron chi connectivity index (χ1n) is 4.36. The van der Waals surface area contributed by atoms with E-state index in [0.717, 1.165) is 4.47 Å². The highest BCUT2D eigenvalue weighted by atomic mass is 79.9. The van der Waals surface area contributed by atoms with Crippen molar-refractivity contribution in [3.63, 3.8) is 0 Å². The normalized spacial score (nSPS) is 12.3. The summed E-state index contributed by atoms with van der Waals surface area (Å²) in [6.07, 6.45) is 0. The lowest BCUT2D eigenvalue weighted by molar-refractivity contribution is -0.120. The highest BCUT2D eigenvalue weighted by molar-refractivity contribution is 9.10. The Morgan fingerprint density at radius 2 is 2.33 bits per heavy atom. The van der Waals surface area contributed by atoms with Crippen LogP contribution in [0.5, 0.6) is 0 Å². The molecule has 0 bridgehead atoms. The zero-order valence-electron chi connectivity index (χ0n) is 8.06. The minimum atomic E-state index is -0.586. The Hall–Kier alpha value is -0.610. The molecule has 0 saturated heterocycles. The summed E-state index contributed by atoms with van der Waals surface area (Å²) in [5.41, 5.74) is 0.681. The maximum absolute atomic E-state index is 12.9. The van der Waals surface area contributed by atoms with Crippen molar-refractivity contribution in [3.8, 4) is 0 Å². The predicted molar refractivity (Wildman–Crippen MR) is 61.3 cm³/mol. The number of rotatable bonds is 3. The quantitative estimate of drug-likeness (QED) is 0.853. The molecule has 1 N–H and O–H groups in total. The highest BCUT2D eigenvalue weighted by Gasteiger charge is 2.09. The van der Waals surface area contributed by atoms with Gasteiger partial charge in [-0.25, -0.2) is 4.39 Å². The second-order valence-electron chi connectivity index (χ2n) is 3.07. The molecule has 1 rings (SSSR count). The van der Waals surface area contributed by atoms with Gasteiger partial charge in [0, 0.05) is 11.0 Å². The highest BCUT2D eigenvalue weighted by Crippen LogP contribution is 2.17. The molecule has 1 unspecified atom stereocenters. The van der Waals surface area contributed by atoms with Gasteiger partial charge < -0.3 is 5.32 Å². The Labute approximate surface area is 101 Å². The van der Waals surface area contributed by atoms with E-state index in [-0.39, 0.29) is 18.3 Å². The van der Waals surface area contributed by atoms with E-state index in [0.29, 0.717) is 5.56 Å². The van der Waals surface area contributed by atoms with Crippen LogP contribution in [-0.2, 0) is 11.3 Å². The van der Waals surface area contributed by atoms with E-state index in [1.807, 2.05) is 0 Å². The molecule has 15 heavy (non-hydrogen) atoms. The third-order valence-corrected chi connectivity index (χ3v) is 2.79. The van der Waals surface area contributed by atoms with Crippen molar-refractivity contribution in [2.45, 2.75) is 18.8 Å². The van der Waals surface area contributed by atoms with Crippen molar-refractivity contribution in [1.82, 2.24) is 5.32 Å². The van der Waals surface area contributed by atoms with Gasteiger partial charge in [-0.3, -0.25) is 4.79 Å². The molecule has 0 heterocycles. The van der Waals surface area contributed by atoms with Crippen molar-refractivity contribution in [2.24, 2.45) is 0 Å². The lowest BCUT2D eigenvalue weighted by Gasteiger charge is -2.08. The molecule has 0 aromatic heterocycles. The summed E-state index contributed by atoms with van der Waals surface area (Å²) < 4.78 is 13.6. The van der Waals surface area contributed by atoms with Crippen LogP contribution in [-0.4, -0.2) is 11.3 Å². The van der Waals surface area contributed by atoms with Gasteiger partial charge in [0.05, 0.1) is 0 Å². The van der Waals surface area contributed by atoms with Gasteiger partial charge in [-0.2, -0.15) is 0 Å². The second kappa shape index (κ2) is 5.47. The molecule has 1 aromatic carbocycles. The van der Waals surface area contributed by atoms with Gasteiger partial charge in [-0.05, 0) is 30.7 Å². The number of halogens is 3. The molecule has 0 aliphatic heterocycles. The molecule has 0 fully saturated rings. The molecular weight excluding hydrogens is 284 g/mol. The smallest absolute Gasteiger partial charge is 0.238 e. The third kappa shape index (κ3) is 3.80. The van der Waals surface area contributed by atoms with E-state index in [1.54, 1.807) is 13.0 Å². The molecule has 82 valence electrons. The fraction of sp³-hybridized carbons (Fsp3) is 0.300. The van der Waals surface area contributed by atoms with Crippen LogP contribution >= 0.6 is 27.5 Å². The average molecular weight is 295 g/mol. The van der Waals surface area contributed by atoms with Gasteiger partial charge in [0.1, 0.15) is 11.2 Å². The average Bonchev–Trinajstić information content (AvgIpc) is 2.18. The number of benzene rings is 1. The summed E-state index contributed by atoms with van der Waals surface area (Å²) >= 11 is 8.83. The first-order chi connectivity index (χ1) is 7.00. The maximum atomic E-state index is 12.9. The zero-order chi connectivity index (χ0) is 11.4. The molecule has 0 saturated carbocycles. The Balaban J connectivity index is 2.65. The lowest BCUT2D eigenvalue weighted by Crippen LogP contribution is -2.29. The van der Waals surface area contributed by atoms with Crippen molar-refractivity contribution < 1.29 is 9.18 Å². The van der Waals surface area contributed by atoms with Crippen molar-refractivity contribution in [3.05, 3.63) is 34.1 Å². The Bertz CT molecular complexity index is 370. The van der Waals surface area contributed by atoms with Gasteiger partial charge in [-0.15, -0.1) is 11.6 Å². The SMILES string of the molecule is CC(Cl)C(=O)NCc1cc(F)ccc1Br. The molecule has 1 atom stereocenters. The van der Waals surface area contributed by atoms with Crippen molar-refractivity contribution in [2.75, 3.05) is 0 Å². The lowest BCUT2D eigenvalue weighted by atomic mass is 10.2. The molecule has 1 aromatic rings. The van der Waals surface area contributed by atoms with E-state index in [2.05, 4.69) is 21.2 Å². The molecule has 0 radical (unpaired) electrons. The summed E-state index contributed by atoms with van der Waals surface area (Å²) in [6, 6.07) is 4.31. The Morgan fingerprint density at radius 1 is 1.67 bits per heavy atom. The fourth-order valence-electron chi connectivity index (χ4n) is 1.00. The zero-order valence-corrected chi connectivity index (χ0v) is 10.4. The van der Waals surface area contributed by atoms with E-state index in [4.69, 9.17) is 11.6 Å². The van der Waals surface area contributed by atoms with Crippen LogP contribution in [0.25, 0.3) is 0 Å². The largest absolute Gasteiger partial charge is 0.351 e. The van der Waals surface area contributed by atoms with Gasteiger partial charge in [0.2, 0.25) is 5.91 Å². The number of amides is 1. The fourth-order valence-corrected chi connectivity index (χ4v) is 1.47. The minimum Gasteiger partial charge on any atom is -0.351 e. The molecule has 2 nitrogen and oxygen atoms in total. The summed E-state index contributed by atoms with van der Waals surface area (Å²) in [5, 5.41) is 2.01. The molecule has 1 amide bonds. The minimum absolute atomic E-state index is 0.258. The number of nitrogens with one attached hydrogen (secondary N) is 1. The van der Waals surface area contributed by atoms with Crippen LogP contribution < -0.4 is 5.32 Å². The van der Waals surface area contributed by atoms with Crippen LogP contribution in [0.15, 0.2) is 22.7 Å². The van der Waals surface area contributed by atoms with Crippen LogP contribution in [0.3, 0.4) is 0 Å². The number of carbonyl (C=O) groups excluding carboxylic acids is 1. The van der Waals surface area contributed by atoms with Crippen LogP contribution in [0, 0.1) is 5.82 Å². The molecule has 0 spiro atoms. The van der Waals surface area contributed by atoms with Gasteiger partial charge in [0.25, 0.3) is 0 Å². The molecule has 5 heteroatoms. The first-order valence-corrected chi connectivity index (χ1v) is 5.59. The summed E-state index contributed by atoms with van der Waals surface area (Å²) in [6.45, 7) is 1.84. The van der Waals surface area contributed by atoms with Crippen LogP contribution in [0.2, 0.25) is 0 Å². The van der Waals surface area contributed by atoms with Crippen LogP contribution in [0.4, 0.5) is 4.39 Å². The summed E-state index contributed by atoms with van der Waals surface area (Å²) in [7, 11) is 0. The predicted octanol–water partition coefficient (Wildman–Crippen LogP) is 2.83. The van der Waals surface area contributed by atoms with Gasteiger partial charge >= 0.3 is 0 Å². The van der Waals surface area contributed by atoms with Crippen molar-refractivity contribution in [1.29, 1.82) is 0 Å². The maximum Gasteiger partial charge on any atom is 0.238 e. The van der Waals surface area contributed by atoms with E-state index in [9.17, 15) is 9.18 Å². The van der Waals surface area contributed by atoms with E-state index in [1.165, 1.54) is 12.1 Å². The number of alkyl halides is 1. The Kier molecular flexibility index (Phi) is 4.54. The van der Waals surface area contributed by atoms with Crippen molar-refractivity contribution >= 4 is 33.4 Å². The molecular formula is C10H10BrClFNO. The second-order valence-corrected chi connectivity index (χ2v) is 4.58. The standard InChI is InChI=1S/C10H10BrClFNO/c1-6(12)10(15)14-5-7-4-8(13)2-3-9(7)11/h2-4,6H,5H2,1H3,(H,14,15). The molecule has 0 aliphatic rings. The monoisotopic (exact) mass is 293 g/mol. The van der Waals surface area contributed by atoms with Gasteiger partial charge in [-0.1, -0.05) is 15.9 Å². The first kappa shape index (κ1) is 12.5. The summed E-state index contributed by atoms with van der Waals surface area (Å²) in [4.78, 5) is 11.2. The number of hydrogen-bond donors (Lipinski definition) is 1. The summed E-state index contributed by atoms with van der Waals surface area (Å²) in [5.74, 6) is -0.603. The molecule has 0 aliphatic carbocycles. The number of hydrogen-bond acceptors (Lipinski definition) is 1. The topological polar surface area (TPSA) is 29.1 Å². The number of carbonyl (C=O) groups is 1. The van der Waals surface area contributed by atoms with E-state index < -0.39 is 5.38 Å². The third-order valence-electron chi connectivity index (χ3n) is 1.82. The van der Waals surface area contributed by atoms with Gasteiger partial charge in [0.15, 0.2) is 0 Å².